The lowest BCUT2D eigenvalue weighted by Crippen LogP contribution is -2.21. The Hall–Kier alpha value is -3.35. The fourth-order valence-corrected chi connectivity index (χ4v) is 2.57. The lowest BCUT2D eigenvalue weighted by molar-refractivity contribution is -0.146. The molecule has 0 fully saturated rings. The first-order valence-corrected chi connectivity index (χ1v) is 9.18. The average Bonchev–Trinajstić information content (AvgIpc) is 2.66. The van der Waals surface area contributed by atoms with Gasteiger partial charge in [-0.15, -0.1) is 0 Å². The summed E-state index contributed by atoms with van der Waals surface area (Å²) in [6.07, 6.45) is -0.207. The lowest BCUT2D eigenvalue weighted by Gasteiger charge is -2.10. The van der Waals surface area contributed by atoms with Gasteiger partial charge in [0.25, 0.3) is 5.91 Å². The summed E-state index contributed by atoms with van der Waals surface area (Å²) < 4.78 is 15.4. The van der Waals surface area contributed by atoms with E-state index in [2.05, 4.69) is 5.32 Å². The fraction of sp³-hybridized carbons (Fsp3) is 0.318. The highest BCUT2D eigenvalue weighted by molar-refractivity contribution is 5.94. The zero-order valence-corrected chi connectivity index (χ0v) is 17.0. The Bertz CT molecular complexity index is 873. The predicted octanol–water partition coefficient (Wildman–Crippen LogP) is 3.29. The molecule has 0 heterocycles. The van der Waals surface area contributed by atoms with E-state index < -0.39 is 24.5 Å². The van der Waals surface area contributed by atoms with Crippen molar-refractivity contribution in [2.24, 2.45) is 0 Å². The summed E-state index contributed by atoms with van der Waals surface area (Å²) in [7, 11) is 1.53. The minimum atomic E-state index is -0.532. The van der Waals surface area contributed by atoms with Crippen LogP contribution in [0.1, 0.15) is 35.3 Å². The maximum atomic E-state index is 12.0. The summed E-state index contributed by atoms with van der Waals surface area (Å²) in [5, 5.41) is 2.61. The number of esters is 2. The zero-order valence-electron chi connectivity index (χ0n) is 17.0. The topological polar surface area (TPSA) is 90.9 Å². The highest BCUT2D eigenvalue weighted by Gasteiger charge is 2.13. The van der Waals surface area contributed by atoms with E-state index in [1.165, 1.54) is 7.11 Å². The first-order valence-electron chi connectivity index (χ1n) is 9.18. The van der Waals surface area contributed by atoms with Gasteiger partial charge in [-0.3, -0.25) is 9.59 Å². The number of rotatable bonds is 8. The van der Waals surface area contributed by atoms with Gasteiger partial charge in [-0.1, -0.05) is 17.7 Å². The van der Waals surface area contributed by atoms with E-state index in [-0.39, 0.29) is 12.5 Å². The smallest absolute Gasteiger partial charge is 0.338 e. The third kappa shape index (κ3) is 6.95. The molecule has 2 aromatic rings. The summed E-state index contributed by atoms with van der Waals surface area (Å²) >= 11 is 0. The van der Waals surface area contributed by atoms with Crippen molar-refractivity contribution in [1.29, 1.82) is 0 Å². The van der Waals surface area contributed by atoms with Crippen LogP contribution in [-0.2, 0) is 25.5 Å². The molecule has 1 amide bonds. The third-order valence-corrected chi connectivity index (χ3v) is 3.88. The Morgan fingerprint density at radius 1 is 1.03 bits per heavy atom. The summed E-state index contributed by atoms with van der Waals surface area (Å²) in [6, 6.07) is 11.8. The second-order valence-electron chi connectivity index (χ2n) is 6.73. The highest BCUT2D eigenvalue weighted by Crippen LogP contribution is 2.20. The van der Waals surface area contributed by atoms with Crippen LogP contribution in [0.2, 0.25) is 0 Å². The Morgan fingerprint density at radius 2 is 1.72 bits per heavy atom. The summed E-state index contributed by atoms with van der Waals surface area (Å²) in [6.45, 7) is 5.03. The standard InChI is InChI=1S/C22H25NO6/c1-14(2)29-22(26)16-6-8-18(9-7-16)23-20(24)13-28-21(25)12-17-11-15(3)5-10-19(17)27-4/h5-11,14H,12-13H2,1-4H3,(H,23,24). The number of methoxy groups -OCH3 is 1. The van der Waals surface area contributed by atoms with E-state index in [0.29, 0.717) is 22.6 Å². The number of carbonyl (C=O) groups excluding carboxylic acids is 3. The molecule has 0 aromatic heterocycles. The number of hydrogen-bond acceptors (Lipinski definition) is 6. The molecule has 0 saturated heterocycles. The van der Waals surface area contributed by atoms with Gasteiger partial charge in [0, 0.05) is 11.3 Å². The Kier molecular flexibility index (Phi) is 7.77. The molecule has 1 N–H and O–H groups in total. The Morgan fingerprint density at radius 3 is 2.34 bits per heavy atom. The molecule has 0 saturated carbocycles. The fourth-order valence-electron chi connectivity index (χ4n) is 2.57. The van der Waals surface area contributed by atoms with Crippen molar-refractivity contribution in [1.82, 2.24) is 0 Å². The molecule has 0 atom stereocenters. The van der Waals surface area contributed by atoms with Crippen LogP contribution in [0, 0.1) is 6.92 Å². The molecule has 0 unspecified atom stereocenters. The zero-order chi connectivity index (χ0) is 21.4. The second kappa shape index (κ2) is 10.3. The molecule has 7 nitrogen and oxygen atoms in total. The molecule has 0 aliphatic rings. The molecule has 7 heteroatoms. The van der Waals surface area contributed by atoms with Crippen LogP contribution in [0.5, 0.6) is 5.75 Å². The van der Waals surface area contributed by atoms with Gasteiger partial charge in [-0.2, -0.15) is 0 Å². The first kappa shape index (κ1) is 21.9. The van der Waals surface area contributed by atoms with Gasteiger partial charge in [0.2, 0.25) is 0 Å². The molecule has 29 heavy (non-hydrogen) atoms. The molecule has 2 rings (SSSR count). The summed E-state index contributed by atoms with van der Waals surface area (Å²) in [4.78, 5) is 35.9. The Labute approximate surface area is 170 Å². The number of aryl methyl sites for hydroxylation is 1. The van der Waals surface area contributed by atoms with Crippen LogP contribution in [0.15, 0.2) is 42.5 Å². The minimum Gasteiger partial charge on any atom is -0.496 e. The maximum Gasteiger partial charge on any atom is 0.338 e. The second-order valence-corrected chi connectivity index (χ2v) is 6.73. The number of hydrogen-bond donors (Lipinski definition) is 1. The van der Waals surface area contributed by atoms with Crippen molar-refractivity contribution in [2.45, 2.75) is 33.3 Å². The number of amides is 1. The number of benzene rings is 2. The summed E-state index contributed by atoms with van der Waals surface area (Å²) in [5.74, 6) is -0.852. The van der Waals surface area contributed by atoms with Crippen molar-refractivity contribution >= 4 is 23.5 Å². The van der Waals surface area contributed by atoms with E-state index in [1.807, 2.05) is 19.1 Å². The quantitative estimate of drug-likeness (QED) is 0.685. The molecule has 0 bridgehead atoms. The van der Waals surface area contributed by atoms with Crippen molar-refractivity contribution in [2.75, 3.05) is 19.0 Å². The average molecular weight is 399 g/mol. The van der Waals surface area contributed by atoms with E-state index in [9.17, 15) is 14.4 Å². The van der Waals surface area contributed by atoms with Crippen molar-refractivity contribution in [3.63, 3.8) is 0 Å². The van der Waals surface area contributed by atoms with Crippen LogP contribution in [0.25, 0.3) is 0 Å². The highest BCUT2D eigenvalue weighted by atomic mass is 16.5. The predicted molar refractivity (Wildman–Crippen MR) is 108 cm³/mol. The Balaban J connectivity index is 1.84. The number of anilines is 1. The largest absolute Gasteiger partial charge is 0.496 e. The van der Waals surface area contributed by atoms with E-state index >= 15 is 0 Å². The molecule has 2 aromatic carbocycles. The van der Waals surface area contributed by atoms with Crippen LogP contribution in [-0.4, -0.2) is 37.7 Å². The van der Waals surface area contributed by atoms with Gasteiger partial charge in [-0.25, -0.2) is 4.79 Å². The normalized spacial score (nSPS) is 10.4. The van der Waals surface area contributed by atoms with E-state index in [0.717, 1.165) is 5.56 Å². The first-order chi connectivity index (χ1) is 13.8. The molecular formula is C22H25NO6. The van der Waals surface area contributed by atoms with Gasteiger partial charge < -0.3 is 19.5 Å². The van der Waals surface area contributed by atoms with Gasteiger partial charge in [0.1, 0.15) is 5.75 Å². The van der Waals surface area contributed by atoms with Gasteiger partial charge >= 0.3 is 11.9 Å². The van der Waals surface area contributed by atoms with Crippen molar-refractivity contribution in [3.8, 4) is 5.75 Å². The van der Waals surface area contributed by atoms with Gasteiger partial charge in [0.05, 0.1) is 25.2 Å². The van der Waals surface area contributed by atoms with Crippen LogP contribution >= 0.6 is 0 Å². The monoisotopic (exact) mass is 399 g/mol. The molecular weight excluding hydrogens is 374 g/mol. The number of carbonyl (C=O) groups is 3. The summed E-state index contributed by atoms with van der Waals surface area (Å²) in [5.41, 5.74) is 2.55. The van der Waals surface area contributed by atoms with Crippen LogP contribution in [0.4, 0.5) is 5.69 Å². The van der Waals surface area contributed by atoms with Crippen molar-refractivity contribution < 1.29 is 28.6 Å². The molecule has 154 valence electrons. The molecule has 0 spiro atoms. The molecule has 0 aliphatic heterocycles. The number of nitrogens with one attached hydrogen (secondary N) is 1. The van der Waals surface area contributed by atoms with Gasteiger partial charge in [-0.05, 0) is 51.1 Å². The molecule has 0 aliphatic carbocycles. The van der Waals surface area contributed by atoms with E-state index in [1.54, 1.807) is 44.2 Å². The SMILES string of the molecule is COc1ccc(C)cc1CC(=O)OCC(=O)Nc1ccc(C(=O)OC(C)C)cc1. The third-order valence-electron chi connectivity index (χ3n) is 3.88. The lowest BCUT2D eigenvalue weighted by atomic mass is 10.1. The van der Waals surface area contributed by atoms with Crippen molar-refractivity contribution in [3.05, 3.63) is 59.2 Å². The minimum absolute atomic E-state index is 0.00476. The molecule has 0 radical (unpaired) electrons. The van der Waals surface area contributed by atoms with E-state index in [4.69, 9.17) is 14.2 Å². The van der Waals surface area contributed by atoms with Crippen LogP contribution < -0.4 is 10.1 Å². The maximum absolute atomic E-state index is 12.0. The number of ether oxygens (including phenoxy) is 3. The van der Waals surface area contributed by atoms with Gasteiger partial charge in [0.15, 0.2) is 6.61 Å². The van der Waals surface area contributed by atoms with Crippen LogP contribution in [0.3, 0.4) is 0 Å².